The number of carboxylic acid groups (broad SMARTS) is 1. The van der Waals surface area contributed by atoms with Crippen LogP contribution in [-0.2, 0) is 33.3 Å². The van der Waals surface area contributed by atoms with Crippen molar-refractivity contribution in [1.29, 1.82) is 0 Å². The van der Waals surface area contributed by atoms with Gasteiger partial charge in [-0.05, 0) is 51.4 Å². The van der Waals surface area contributed by atoms with E-state index in [1.807, 2.05) is 21.1 Å². The molecule has 0 aliphatic rings. The first-order chi connectivity index (χ1) is 33.1. The van der Waals surface area contributed by atoms with Crippen LogP contribution in [0.25, 0.3) is 0 Å². The minimum Gasteiger partial charge on any atom is -0.545 e. The molecule has 0 aromatic rings. The minimum absolute atomic E-state index is 0.136. The lowest BCUT2D eigenvalue weighted by atomic mass is 10.0. The first kappa shape index (κ1) is 65.0. The summed E-state index contributed by atoms with van der Waals surface area (Å²) in [5, 5.41) is 11.7. The second kappa shape index (κ2) is 50.4. The number of quaternary nitrogens is 1. The van der Waals surface area contributed by atoms with Crippen molar-refractivity contribution < 1.29 is 42.9 Å². The number of rotatable bonds is 51. The number of ether oxygens (including phenoxy) is 4. The highest BCUT2D eigenvalue weighted by Gasteiger charge is 2.21. The van der Waals surface area contributed by atoms with E-state index in [2.05, 4.69) is 74.6 Å². The number of aliphatic carboxylic acids is 1. The number of allylic oxidation sites excluding steroid dienone is 10. The molecule has 0 aliphatic carbocycles. The Labute approximate surface area is 418 Å². The molecule has 0 saturated carbocycles. The summed E-state index contributed by atoms with van der Waals surface area (Å²) < 4.78 is 22.6. The summed E-state index contributed by atoms with van der Waals surface area (Å²) in [6.07, 6.45) is 60.0. The molecule has 0 aliphatic heterocycles. The molecule has 0 amide bonds. The Morgan fingerprint density at radius 3 is 1.24 bits per heavy atom. The van der Waals surface area contributed by atoms with Crippen molar-refractivity contribution in [3.8, 4) is 0 Å². The van der Waals surface area contributed by atoms with Crippen LogP contribution in [0.2, 0.25) is 0 Å². The van der Waals surface area contributed by atoms with Gasteiger partial charge in [0.05, 0.1) is 40.3 Å². The van der Waals surface area contributed by atoms with Gasteiger partial charge in [0.25, 0.3) is 0 Å². The molecule has 9 nitrogen and oxygen atoms in total. The van der Waals surface area contributed by atoms with Crippen LogP contribution < -0.4 is 5.11 Å². The van der Waals surface area contributed by atoms with Crippen LogP contribution in [0.15, 0.2) is 60.8 Å². The average molecular weight is 956 g/mol. The van der Waals surface area contributed by atoms with Gasteiger partial charge in [-0.2, -0.15) is 0 Å². The molecule has 2 atom stereocenters. The van der Waals surface area contributed by atoms with E-state index in [1.54, 1.807) is 0 Å². The Hall–Kier alpha value is -3.01. The predicted octanol–water partition coefficient (Wildman–Crippen LogP) is 14.7. The smallest absolute Gasteiger partial charge is 0.306 e. The molecule has 0 fully saturated rings. The van der Waals surface area contributed by atoms with Crippen molar-refractivity contribution in [2.45, 2.75) is 251 Å². The van der Waals surface area contributed by atoms with Crippen LogP contribution >= 0.6 is 0 Å². The van der Waals surface area contributed by atoms with Gasteiger partial charge in [0.2, 0.25) is 0 Å². The molecule has 0 radical (unpaired) electrons. The Bertz CT molecular complexity index is 1300. The zero-order valence-electron chi connectivity index (χ0n) is 44.7. The van der Waals surface area contributed by atoms with Gasteiger partial charge < -0.3 is 33.3 Å². The van der Waals surface area contributed by atoms with Crippen LogP contribution in [0.4, 0.5) is 0 Å². The van der Waals surface area contributed by atoms with E-state index in [1.165, 1.54) is 148 Å². The number of unbranched alkanes of at least 4 members (excludes halogenated alkanes) is 26. The number of hydrogen-bond acceptors (Lipinski definition) is 8. The molecule has 68 heavy (non-hydrogen) atoms. The maximum absolute atomic E-state index is 12.8. The third-order valence-corrected chi connectivity index (χ3v) is 12.0. The highest BCUT2D eigenvalue weighted by Crippen LogP contribution is 2.17. The summed E-state index contributed by atoms with van der Waals surface area (Å²) >= 11 is 0. The van der Waals surface area contributed by atoms with Crippen molar-refractivity contribution in [3.63, 3.8) is 0 Å². The minimum atomic E-state index is -1.64. The van der Waals surface area contributed by atoms with Gasteiger partial charge in [-0.25, -0.2) is 0 Å². The van der Waals surface area contributed by atoms with Crippen molar-refractivity contribution in [2.24, 2.45) is 0 Å². The van der Waals surface area contributed by atoms with Crippen molar-refractivity contribution in [2.75, 3.05) is 47.5 Å². The maximum atomic E-state index is 12.8. The summed E-state index contributed by atoms with van der Waals surface area (Å²) in [5.41, 5.74) is 0. The third kappa shape index (κ3) is 50.9. The highest BCUT2D eigenvalue weighted by molar-refractivity contribution is 5.70. The first-order valence-electron chi connectivity index (χ1n) is 27.9. The van der Waals surface area contributed by atoms with E-state index < -0.39 is 24.3 Å². The molecule has 0 bridgehead atoms. The molecular weight excluding hydrogens is 851 g/mol. The number of carboxylic acids is 1. The fourth-order valence-electron chi connectivity index (χ4n) is 7.75. The van der Waals surface area contributed by atoms with Gasteiger partial charge in [0.15, 0.2) is 12.4 Å². The van der Waals surface area contributed by atoms with Crippen LogP contribution in [0, 0.1) is 0 Å². The second-order valence-electron chi connectivity index (χ2n) is 19.9. The molecule has 0 heterocycles. The Morgan fingerprint density at radius 2 is 0.838 bits per heavy atom. The van der Waals surface area contributed by atoms with Gasteiger partial charge in [0.1, 0.15) is 13.2 Å². The van der Waals surface area contributed by atoms with Gasteiger partial charge in [0, 0.05) is 12.8 Å². The summed E-state index contributed by atoms with van der Waals surface area (Å²) in [6, 6.07) is 0. The Morgan fingerprint density at radius 1 is 0.456 bits per heavy atom. The fourth-order valence-corrected chi connectivity index (χ4v) is 7.75. The van der Waals surface area contributed by atoms with E-state index in [0.717, 1.165) is 51.4 Å². The molecule has 0 N–H and O–H groups in total. The number of hydrogen-bond donors (Lipinski definition) is 0. The lowest BCUT2D eigenvalue weighted by Gasteiger charge is -2.26. The summed E-state index contributed by atoms with van der Waals surface area (Å²) in [5.74, 6) is -2.36. The van der Waals surface area contributed by atoms with Gasteiger partial charge in [-0.1, -0.05) is 235 Å². The highest BCUT2D eigenvalue weighted by atomic mass is 16.7. The molecule has 2 unspecified atom stereocenters. The standard InChI is InChI=1S/C59H105NO8/c1-6-8-10-12-14-16-18-20-22-24-25-26-27-28-29-30-31-32-34-35-37-39-41-43-45-47-49-56(61)66-53-55(54-67-59(58(63)64)65-52-51-60(3,4)5)68-57(62)50-48-46-44-42-40-38-36-33-23-21-19-17-15-13-11-9-7-2/h9,11,15,17,21,23,36,38,42,44,55,59H,6-8,10,12-14,16,18-20,22,24-35,37,39-41,43,45-54H2,1-5H3/b11-9-,17-15-,23-21-,38-36-,44-42-. The molecule has 9 heteroatoms. The number of nitrogens with zero attached hydrogens (tertiary/aromatic N) is 1. The van der Waals surface area contributed by atoms with Crippen LogP contribution in [-0.4, -0.2) is 82.3 Å². The van der Waals surface area contributed by atoms with Crippen molar-refractivity contribution >= 4 is 17.9 Å². The summed E-state index contributed by atoms with van der Waals surface area (Å²) in [7, 11) is 5.90. The number of esters is 2. The molecule has 0 spiro atoms. The van der Waals surface area contributed by atoms with Crippen molar-refractivity contribution in [1.82, 2.24) is 0 Å². The summed E-state index contributed by atoms with van der Waals surface area (Å²) in [4.78, 5) is 37.2. The number of likely N-dealkylation sites (N-methyl/N-ethyl adjacent to an activating group) is 1. The topological polar surface area (TPSA) is 111 Å². The van der Waals surface area contributed by atoms with Gasteiger partial charge in [-0.3, -0.25) is 9.59 Å². The third-order valence-electron chi connectivity index (χ3n) is 12.0. The van der Waals surface area contributed by atoms with Gasteiger partial charge in [-0.15, -0.1) is 0 Å². The molecular formula is C59H105NO8. The van der Waals surface area contributed by atoms with Crippen LogP contribution in [0.3, 0.4) is 0 Å². The van der Waals surface area contributed by atoms with Crippen molar-refractivity contribution in [3.05, 3.63) is 60.8 Å². The normalized spacial score (nSPS) is 13.2. The Balaban J connectivity index is 4.25. The molecule has 0 aromatic carbocycles. The summed E-state index contributed by atoms with van der Waals surface area (Å²) in [6.45, 7) is 4.59. The largest absolute Gasteiger partial charge is 0.545 e. The quantitative estimate of drug-likeness (QED) is 0.0195. The Kier molecular flexibility index (Phi) is 48.2. The lowest BCUT2D eigenvalue weighted by molar-refractivity contribution is -0.870. The van der Waals surface area contributed by atoms with Crippen LogP contribution in [0.5, 0.6) is 0 Å². The zero-order chi connectivity index (χ0) is 49.9. The molecule has 394 valence electrons. The monoisotopic (exact) mass is 956 g/mol. The average Bonchev–Trinajstić information content (AvgIpc) is 3.30. The second-order valence-corrected chi connectivity index (χ2v) is 19.9. The van der Waals surface area contributed by atoms with E-state index in [4.69, 9.17) is 18.9 Å². The maximum Gasteiger partial charge on any atom is 0.306 e. The number of carbonyl (C=O) groups excluding carboxylic acids is 3. The van der Waals surface area contributed by atoms with E-state index in [-0.39, 0.29) is 38.6 Å². The molecule has 0 saturated heterocycles. The van der Waals surface area contributed by atoms with E-state index >= 15 is 0 Å². The van der Waals surface area contributed by atoms with E-state index in [0.29, 0.717) is 23.9 Å². The number of carbonyl (C=O) groups is 3. The zero-order valence-corrected chi connectivity index (χ0v) is 44.7. The lowest BCUT2D eigenvalue weighted by Crippen LogP contribution is -2.44. The predicted molar refractivity (Wildman–Crippen MR) is 283 cm³/mol. The van der Waals surface area contributed by atoms with Crippen LogP contribution in [0.1, 0.15) is 239 Å². The first-order valence-corrected chi connectivity index (χ1v) is 27.9. The fraction of sp³-hybridized carbons (Fsp3) is 0.780. The van der Waals surface area contributed by atoms with E-state index in [9.17, 15) is 19.5 Å². The molecule has 0 rings (SSSR count). The van der Waals surface area contributed by atoms with Gasteiger partial charge >= 0.3 is 11.9 Å². The SMILES string of the molecule is CC/C=C\C/C=C\C/C=C\C/C=C\C/C=C\CCCC(=O)OC(COC(=O)CCCCCCCCCCCCCCCCCCCCCCCCCCCC)COC(OCC[N+](C)(C)C)C(=O)[O-]. The molecule has 0 aromatic heterocycles.